The van der Waals surface area contributed by atoms with Gasteiger partial charge in [-0.3, -0.25) is 4.79 Å². The van der Waals surface area contributed by atoms with Crippen molar-refractivity contribution in [3.05, 3.63) is 108 Å². The Morgan fingerprint density at radius 2 is 1.48 bits per heavy atom. The molecule has 0 aliphatic carbocycles. The summed E-state index contributed by atoms with van der Waals surface area (Å²) in [6.45, 7) is 0.361. The van der Waals surface area contributed by atoms with E-state index < -0.39 is 0 Å². The molecule has 0 atom stereocenters. The first kappa shape index (κ1) is 18.6. The number of nitrogens with zero attached hydrogens (tertiary/aromatic N) is 2. The van der Waals surface area contributed by atoms with Gasteiger partial charge < -0.3 is 5.32 Å². The topological polar surface area (TPSA) is 46.9 Å². The Kier molecular flexibility index (Phi) is 5.16. The van der Waals surface area contributed by atoms with Crippen molar-refractivity contribution >= 4 is 5.91 Å². The fourth-order valence-electron chi connectivity index (χ4n) is 2.95. The SMILES string of the molecule is O=C(NCc1ccccc1)c1cc(-c2ccc(F)cc2)nn1-c1ccc(F)cc1. The summed E-state index contributed by atoms with van der Waals surface area (Å²) in [5, 5.41) is 7.37. The molecule has 0 saturated heterocycles. The van der Waals surface area contributed by atoms with Crippen LogP contribution in [0, 0.1) is 11.6 Å². The van der Waals surface area contributed by atoms with Crippen LogP contribution in [0.25, 0.3) is 16.9 Å². The highest BCUT2D eigenvalue weighted by Crippen LogP contribution is 2.22. The minimum absolute atomic E-state index is 0.298. The van der Waals surface area contributed by atoms with Gasteiger partial charge in [-0.15, -0.1) is 0 Å². The van der Waals surface area contributed by atoms with Crippen LogP contribution in [0.1, 0.15) is 16.1 Å². The zero-order chi connectivity index (χ0) is 20.2. The first-order valence-corrected chi connectivity index (χ1v) is 9.04. The predicted octanol–water partition coefficient (Wildman–Crippen LogP) is 4.75. The van der Waals surface area contributed by atoms with Crippen LogP contribution in [0.2, 0.25) is 0 Å². The highest BCUT2D eigenvalue weighted by molar-refractivity contribution is 5.94. The van der Waals surface area contributed by atoms with Gasteiger partial charge >= 0.3 is 0 Å². The second-order valence-electron chi connectivity index (χ2n) is 6.48. The van der Waals surface area contributed by atoms with E-state index in [-0.39, 0.29) is 17.5 Å². The van der Waals surface area contributed by atoms with E-state index >= 15 is 0 Å². The third kappa shape index (κ3) is 4.21. The van der Waals surface area contributed by atoms with Crippen molar-refractivity contribution in [2.75, 3.05) is 0 Å². The number of hydrogen-bond donors (Lipinski definition) is 1. The van der Waals surface area contributed by atoms with Crippen LogP contribution >= 0.6 is 0 Å². The molecule has 0 aliphatic heterocycles. The first-order chi connectivity index (χ1) is 14.1. The van der Waals surface area contributed by atoms with Crippen molar-refractivity contribution in [1.29, 1.82) is 0 Å². The smallest absolute Gasteiger partial charge is 0.270 e. The summed E-state index contributed by atoms with van der Waals surface area (Å²) in [5.41, 5.74) is 2.99. The molecule has 0 radical (unpaired) electrons. The average Bonchev–Trinajstić information content (AvgIpc) is 3.19. The number of benzene rings is 3. The van der Waals surface area contributed by atoms with Crippen molar-refractivity contribution in [1.82, 2.24) is 15.1 Å². The minimum Gasteiger partial charge on any atom is -0.347 e. The van der Waals surface area contributed by atoms with Crippen LogP contribution in [-0.2, 0) is 6.54 Å². The molecule has 0 unspecified atom stereocenters. The molecule has 3 aromatic carbocycles. The molecule has 6 heteroatoms. The molecule has 4 rings (SSSR count). The number of rotatable bonds is 5. The van der Waals surface area contributed by atoms with E-state index in [0.29, 0.717) is 29.2 Å². The summed E-state index contributed by atoms with van der Waals surface area (Å²) in [7, 11) is 0. The van der Waals surface area contributed by atoms with Gasteiger partial charge in [-0.25, -0.2) is 13.5 Å². The molecule has 1 N–H and O–H groups in total. The van der Waals surface area contributed by atoms with Crippen molar-refractivity contribution in [3.8, 4) is 16.9 Å². The monoisotopic (exact) mass is 389 g/mol. The number of hydrogen-bond acceptors (Lipinski definition) is 2. The van der Waals surface area contributed by atoms with Crippen molar-refractivity contribution in [3.63, 3.8) is 0 Å². The second kappa shape index (κ2) is 8.06. The van der Waals surface area contributed by atoms with E-state index in [0.717, 1.165) is 5.56 Å². The number of carbonyl (C=O) groups is 1. The lowest BCUT2D eigenvalue weighted by atomic mass is 10.1. The van der Waals surface area contributed by atoms with Crippen LogP contribution in [0.15, 0.2) is 84.9 Å². The van der Waals surface area contributed by atoms with E-state index in [2.05, 4.69) is 10.4 Å². The zero-order valence-electron chi connectivity index (χ0n) is 15.3. The Hall–Kier alpha value is -3.80. The Morgan fingerprint density at radius 3 is 2.14 bits per heavy atom. The summed E-state index contributed by atoms with van der Waals surface area (Å²) in [4.78, 5) is 12.9. The van der Waals surface area contributed by atoms with E-state index in [4.69, 9.17) is 0 Å². The Morgan fingerprint density at radius 1 is 0.862 bits per heavy atom. The third-order valence-electron chi connectivity index (χ3n) is 4.45. The number of amides is 1. The van der Waals surface area contributed by atoms with E-state index in [1.807, 2.05) is 30.3 Å². The molecule has 1 heterocycles. The van der Waals surface area contributed by atoms with Crippen LogP contribution in [-0.4, -0.2) is 15.7 Å². The fourth-order valence-corrected chi connectivity index (χ4v) is 2.95. The number of aromatic nitrogens is 2. The van der Waals surface area contributed by atoms with Crippen molar-refractivity contribution in [2.24, 2.45) is 0 Å². The van der Waals surface area contributed by atoms with Gasteiger partial charge in [0.25, 0.3) is 5.91 Å². The molecule has 4 nitrogen and oxygen atoms in total. The van der Waals surface area contributed by atoms with Gasteiger partial charge in [0, 0.05) is 12.1 Å². The first-order valence-electron chi connectivity index (χ1n) is 9.04. The lowest BCUT2D eigenvalue weighted by Crippen LogP contribution is -2.25. The highest BCUT2D eigenvalue weighted by atomic mass is 19.1. The maximum atomic E-state index is 13.3. The summed E-state index contributed by atoms with van der Waals surface area (Å²) in [6, 6.07) is 22.7. The van der Waals surface area contributed by atoms with Crippen molar-refractivity contribution in [2.45, 2.75) is 6.54 Å². The standard InChI is InChI=1S/C23H17F2N3O/c24-18-8-6-17(7-9-18)21-14-22(23(29)26-15-16-4-2-1-3-5-16)28(27-21)20-12-10-19(25)11-13-20/h1-14H,15H2,(H,26,29). The van der Waals surface area contributed by atoms with E-state index in [1.165, 1.54) is 28.9 Å². The molecule has 144 valence electrons. The molecule has 0 bridgehead atoms. The summed E-state index contributed by atoms with van der Waals surface area (Å²) < 4.78 is 28.0. The quantitative estimate of drug-likeness (QED) is 0.536. The predicted molar refractivity (Wildman–Crippen MR) is 107 cm³/mol. The van der Waals surface area contributed by atoms with Gasteiger partial charge in [0.1, 0.15) is 17.3 Å². The van der Waals surface area contributed by atoms with Gasteiger partial charge in [-0.1, -0.05) is 30.3 Å². The minimum atomic E-state index is -0.380. The second-order valence-corrected chi connectivity index (χ2v) is 6.48. The van der Waals surface area contributed by atoms with Crippen LogP contribution in [0.5, 0.6) is 0 Å². The van der Waals surface area contributed by atoms with Gasteiger partial charge in [0.05, 0.1) is 11.4 Å². The molecule has 1 amide bonds. The van der Waals surface area contributed by atoms with Crippen LogP contribution in [0.4, 0.5) is 8.78 Å². The van der Waals surface area contributed by atoms with Gasteiger partial charge in [0.15, 0.2) is 0 Å². The van der Waals surface area contributed by atoms with Crippen LogP contribution in [0.3, 0.4) is 0 Å². The number of nitrogens with one attached hydrogen (secondary N) is 1. The normalized spacial score (nSPS) is 10.7. The molecule has 1 aromatic heterocycles. The van der Waals surface area contributed by atoms with Crippen molar-refractivity contribution < 1.29 is 13.6 Å². The molecular formula is C23H17F2N3O. The number of carbonyl (C=O) groups excluding carboxylic acids is 1. The summed E-state index contributed by atoms with van der Waals surface area (Å²) >= 11 is 0. The lowest BCUT2D eigenvalue weighted by molar-refractivity contribution is 0.0943. The van der Waals surface area contributed by atoms with E-state index in [1.54, 1.807) is 30.3 Å². The Labute approximate surface area is 166 Å². The van der Waals surface area contributed by atoms with Gasteiger partial charge in [-0.2, -0.15) is 5.10 Å². The van der Waals surface area contributed by atoms with Gasteiger partial charge in [0.2, 0.25) is 0 Å². The molecule has 0 fully saturated rings. The maximum absolute atomic E-state index is 13.3. The van der Waals surface area contributed by atoms with E-state index in [9.17, 15) is 13.6 Å². The average molecular weight is 389 g/mol. The zero-order valence-corrected chi connectivity index (χ0v) is 15.3. The van der Waals surface area contributed by atoms with Crippen LogP contribution < -0.4 is 5.32 Å². The fraction of sp³-hybridized carbons (Fsp3) is 0.0435. The largest absolute Gasteiger partial charge is 0.347 e. The third-order valence-corrected chi connectivity index (χ3v) is 4.45. The number of halogens is 2. The highest BCUT2D eigenvalue weighted by Gasteiger charge is 2.17. The molecule has 29 heavy (non-hydrogen) atoms. The Balaban J connectivity index is 1.69. The summed E-state index contributed by atoms with van der Waals surface area (Å²) in [6.07, 6.45) is 0. The van der Waals surface area contributed by atoms with Gasteiger partial charge in [-0.05, 0) is 60.2 Å². The molecule has 0 aliphatic rings. The summed E-state index contributed by atoms with van der Waals surface area (Å²) in [5.74, 6) is -1.05. The molecule has 4 aromatic rings. The molecule has 0 saturated carbocycles. The maximum Gasteiger partial charge on any atom is 0.270 e. The Bertz CT molecular complexity index is 1120. The molecular weight excluding hydrogens is 372 g/mol. The molecule has 0 spiro atoms. The lowest BCUT2D eigenvalue weighted by Gasteiger charge is -2.08.